The monoisotopic (exact) mass is 365 g/mol. The number of nitrogens with one attached hydrogen (secondary N) is 2. The average molecular weight is 366 g/mol. The zero-order chi connectivity index (χ0) is 15.5. The molecule has 2 bridgehead atoms. The van der Waals surface area contributed by atoms with Gasteiger partial charge in [0.1, 0.15) is 0 Å². The summed E-state index contributed by atoms with van der Waals surface area (Å²) in [6, 6.07) is 9.51. The van der Waals surface area contributed by atoms with Crippen LogP contribution in [-0.4, -0.2) is 30.6 Å². The Labute approximate surface area is 141 Å². The molecule has 1 amide bonds. The molecular formula is C18H26BrN2O+. The summed E-state index contributed by atoms with van der Waals surface area (Å²) in [5, 5.41) is 3.28. The fraction of sp³-hybridized carbons (Fsp3) is 0.611. The Bertz CT molecular complexity index is 520. The number of halogens is 1. The van der Waals surface area contributed by atoms with Gasteiger partial charge in [-0.2, -0.15) is 0 Å². The van der Waals surface area contributed by atoms with E-state index in [1.165, 1.54) is 32.2 Å². The van der Waals surface area contributed by atoms with Crippen molar-refractivity contribution in [1.82, 2.24) is 5.32 Å². The molecule has 1 aromatic rings. The molecule has 22 heavy (non-hydrogen) atoms. The lowest BCUT2D eigenvalue weighted by Crippen LogP contribution is -3.21. The number of fused-ring (bicyclic) bond motifs is 2. The molecule has 120 valence electrons. The van der Waals surface area contributed by atoms with Crippen LogP contribution in [0.3, 0.4) is 0 Å². The summed E-state index contributed by atoms with van der Waals surface area (Å²) < 4.78 is 0.877. The Morgan fingerprint density at radius 3 is 2.59 bits per heavy atom. The maximum Gasteiger partial charge on any atom is 0.252 e. The molecule has 4 heteroatoms. The highest BCUT2D eigenvalue weighted by Gasteiger charge is 2.41. The predicted molar refractivity (Wildman–Crippen MR) is 92.2 cm³/mol. The highest BCUT2D eigenvalue weighted by molar-refractivity contribution is 9.10. The van der Waals surface area contributed by atoms with Gasteiger partial charge in [-0.05, 0) is 53.7 Å². The number of hydrogen-bond donors (Lipinski definition) is 2. The van der Waals surface area contributed by atoms with E-state index in [1.54, 1.807) is 4.90 Å². The third kappa shape index (κ3) is 3.38. The Morgan fingerprint density at radius 1 is 1.27 bits per heavy atom. The lowest BCUT2D eigenvalue weighted by atomic mass is 9.81. The lowest BCUT2D eigenvalue weighted by molar-refractivity contribution is -0.961. The van der Waals surface area contributed by atoms with Gasteiger partial charge in [0.25, 0.3) is 5.91 Å². The van der Waals surface area contributed by atoms with E-state index in [4.69, 9.17) is 0 Å². The average Bonchev–Trinajstić information content (AvgIpc) is 2.48. The number of benzene rings is 1. The van der Waals surface area contributed by atoms with E-state index >= 15 is 0 Å². The molecule has 0 saturated carbocycles. The summed E-state index contributed by atoms with van der Waals surface area (Å²) in [6.45, 7) is 3.57. The number of hydrogen-bond acceptors (Lipinski definition) is 1. The van der Waals surface area contributed by atoms with Crippen molar-refractivity contribution in [1.29, 1.82) is 0 Å². The third-order valence-electron chi connectivity index (χ3n) is 5.28. The van der Waals surface area contributed by atoms with Crippen LogP contribution in [0.2, 0.25) is 0 Å². The van der Waals surface area contributed by atoms with Crippen LogP contribution < -0.4 is 10.2 Å². The van der Waals surface area contributed by atoms with E-state index in [0.717, 1.165) is 35.0 Å². The first-order valence-electron chi connectivity index (χ1n) is 8.60. The van der Waals surface area contributed by atoms with Gasteiger partial charge >= 0.3 is 0 Å². The topological polar surface area (TPSA) is 33.5 Å². The first kappa shape index (κ1) is 16.0. The van der Waals surface area contributed by atoms with Crippen LogP contribution >= 0.6 is 15.9 Å². The molecule has 2 unspecified atom stereocenters. The zero-order valence-corrected chi connectivity index (χ0v) is 14.9. The van der Waals surface area contributed by atoms with E-state index in [9.17, 15) is 4.79 Å². The van der Waals surface area contributed by atoms with Gasteiger partial charge < -0.3 is 10.2 Å². The molecule has 2 saturated heterocycles. The van der Waals surface area contributed by atoms with Crippen LogP contribution in [-0.2, 0) is 0 Å². The third-order valence-corrected chi connectivity index (χ3v) is 5.98. The normalized spacial score (nSPS) is 30.8. The SMILES string of the molecule is CCC[NH+]1[C@@H]2CCC[C@H]1CC(NC(=O)c1ccccc1Br)C2. The van der Waals surface area contributed by atoms with Crippen LogP contribution in [0, 0.1) is 0 Å². The minimum Gasteiger partial charge on any atom is -0.349 e. The second kappa shape index (κ2) is 7.14. The largest absolute Gasteiger partial charge is 0.349 e. The molecule has 2 fully saturated rings. The van der Waals surface area contributed by atoms with E-state index in [-0.39, 0.29) is 5.91 Å². The van der Waals surface area contributed by atoms with Gasteiger partial charge in [0.15, 0.2) is 0 Å². The van der Waals surface area contributed by atoms with Gasteiger partial charge in [0.2, 0.25) is 0 Å². The molecule has 2 N–H and O–H groups in total. The first-order valence-corrected chi connectivity index (χ1v) is 9.39. The number of amides is 1. The van der Waals surface area contributed by atoms with Gasteiger partial charge in [-0.1, -0.05) is 19.1 Å². The first-order chi connectivity index (χ1) is 10.7. The van der Waals surface area contributed by atoms with Crippen molar-refractivity contribution in [3.63, 3.8) is 0 Å². The molecule has 1 aromatic carbocycles. The molecular weight excluding hydrogens is 340 g/mol. The maximum absolute atomic E-state index is 12.5. The smallest absolute Gasteiger partial charge is 0.252 e. The van der Waals surface area contributed by atoms with E-state index in [0.29, 0.717) is 6.04 Å². The minimum absolute atomic E-state index is 0.0643. The second-order valence-electron chi connectivity index (χ2n) is 6.77. The van der Waals surface area contributed by atoms with E-state index in [2.05, 4.69) is 28.2 Å². The number of quaternary nitrogens is 1. The fourth-order valence-corrected chi connectivity index (χ4v) is 4.82. The van der Waals surface area contributed by atoms with Gasteiger partial charge in [0.05, 0.1) is 24.2 Å². The van der Waals surface area contributed by atoms with Crippen molar-refractivity contribution in [2.45, 2.75) is 63.6 Å². The van der Waals surface area contributed by atoms with Gasteiger partial charge in [-0.25, -0.2) is 0 Å². The summed E-state index contributed by atoms with van der Waals surface area (Å²) in [5.41, 5.74) is 0.746. The number of carbonyl (C=O) groups is 1. The van der Waals surface area contributed by atoms with Gasteiger partial charge in [-0.15, -0.1) is 0 Å². The van der Waals surface area contributed by atoms with Gasteiger partial charge in [-0.3, -0.25) is 4.79 Å². The molecule has 0 aliphatic carbocycles. The van der Waals surface area contributed by atoms with Crippen LogP contribution in [0.5, 0.6) is 0 Å². The van der Waals surface area contributed by atoms with Gasteiger partial charge in [0, 0.05) is 23.4 Å². The number of piperidine rings is 2. The molecule has 3 nitrogen and oxygen atoms in total. The molecule has 4 atom stereocenters. The predicted octanol–water partition coefficient (Wildman–Crippen LogP) is 2.56. The molecule has 0 spiro atoms. The summed E-state index contributed by atoms with van der Waals surface area (Å²) in [6.07, 6.45) is 7.56. The Morgan fingerprint density at radius 2 is 1.95 bits per heavy atom. The lowest BCUT2D eigenvalue weighted by Gasteiger charge is -2.46. The summed E-state index contributed by atoms with van der Waals surface area (Å²) >= 11 is 3.48. The molecule has 2 aliphatic rings. The Kier molecular flexibility index (Phi) is 5.19. The van der Waals surface area contributed by atoms with Crippen LogP contribution in [0.15, 0.2) is 28.7 Å². The highest BCUT2D eigenvalue weighted by Crippen LogP contribution is 2.23. The number of rotatable bonds is 4. The van der Waals surface area contributed by atoms with Crippen molar-refractivity contribution in [2.24, 2.45) is 0 Å². The molecule has 2 aliphatic heterocycles. The van der Waals surface area contributed by atoms with Crippen molar-refractivity contribution in [3.05, 3.63) is 34.3 Å². The number of carbonyl (C=O) groups excluding carboxylic acids is 1. The second-order valence-corrected chi connectivity index (χ2v) is 7.63. The van der Waals surface area contributed by atoms with Crippen LogP contribution in [0.4, 0.5) is 0 Å². The summed E-state index contributed by atoms with van der Waals surface area (Å²) in [4.78, 5) is 14.3. The van der Waals surface area contributed by atoms with Crippen molar-refractivity contribution < 1.29 is 9.69 Å². The van der Waals surface area contributed by atoms with Crippen molar-refractivity contribution in [2.75, 3.05) is 6.54 Å². The quantitative estimate of drug-likeness (QED) is 0.844. The fourth-order valence-electron chi connectivity index (χ4n) is 4.36. The molecule has 0 radical (unpaired) electrons. The van der Waals surface area contributed by atoms with E-state index in [1.807, 2.05) is 24.3 Å². The van der Waals surface area contributed by atoms with E-state index < -0.39 is 0 Å². The highest BCUT2D eigenvalue weighted by atomic mass is 79.9. The summed E-state index contributed by atoms with van der Waals surface area (Å²) in [5.74, 6) is 0.0643. The minimum atomic E-state index is 0.0643. The molecule has 2 heterocycles. The maximum atomic E-state index is 12.5. The van der Waals surface area contributed by atoms with Crippen molar-refractivity contribution in [3.8, 4) is 0 Å². The Hall–Kier alpha value is -0.870. The molecule has 3 rings (SSSR count). The standard InChI is InChI=1S/C18H25BrN2O/c1-2-10-21-14-6-5-7-15(21)12-13(11-14)20-18(22)16-8-3-4-9-17(16)19/h3-4,8-9,13-15H,2,5-7,10-12H2,1H3,(H,20,22)/p+1/t13?,14-,15+. The molecule has 0 aromatic heterocycles. The Balaban J connectivity index is 1.65. The van der Waals surface area contributed by atoms with Crippen LogP contribution in [0.25, 0.3) is 0 Å². The van der Waals surface area contributed by atoms with Crippen molar-refractivity contribution >= 4 is 21.8 Å². The summed E-state index contributed by atoms with van der Waals surface area (Å²) in [7, 11) is 0. The van der Waals surface area contributed by atoms with Crippen LogP contribution in [0.1, 0.15) is 55.8 Å². The zero-order valence-electron chi connectivity index (χ0n) is 13.3.